The summed E-state index contributed by atoms with van der Waals surface area (Å²) in [7, 11) is 0. The van der Waals surface area contributed by atoms with Crippen molar-refractivity contribution in [3.8, 4) is 5.75 Å². The van der Waals surface area contributed by atoms with Crippen LogP contribution in [0.15, 0.2) is 23.2 Å². The average Bonchev–Trinajstić information content (AvgIpc) is 2.66. The predicted molar refractivity (Wildman–Crippen MR) is 112 cm³/mol. The van der Waals surface area contributed by atoms with Gasteiger partial charge in [-0.3, -0.25) is 9.79 Å². The van der Waals surface area contributed by atoms with Crippen LogP contribution in [0.5, 0.6) is 5.75 Å². The molecule has 1 aromatic rings. The molecule has 2 atom stereocenters. The lowest BCUT2D eigenvalue weighted by Crippen LogP contribution is -2.47. The summed E-state index contributed by atoms with van der Waals surface area (Å²) in [6.45, 7) is 4.50. The van der Waals surface area contributed by atoms with E-state index in [0.717, 1.165) is 31.9 Å². The molecule has 1 aliphatic rings. The van der Waals surface area contributed by atoms with E-state index in [4.69, 9.17) is 33.7 Å². The van der Waals surface area contributed by atoms with Gasteiger partial charge in [0, 0.05) is 26.1 Å². The van der Waals surface area contributed by atoms with E-state index in [0.29, 0.717) is 28.8 Å². The highest BCUT2D eigenvalue weighted by Gasteiger charge is 2.23. The molecule has 1 saturated heterocycles. The van der Waals surface area contributed by atoms with E-state index in [9.17, 15) is 9.90 Å². The number of amides is 1. The Kier molecular flexibility index (Phi) is 9.15. The number of primary amides is 1. The smallest absolute Gasteiger partial charge is 0.217 e. The molecule has 2 rings (SSSR count). The molecule has 1 aliphatic heterocycles. The fourth-order valence-corrected chi connectivity index (χ4v) is 3.51. The molecule has 2 unspecified atom stereocenters. The molecule has 9 heteroatoms. The van der Waals surface area contributed by atoms with Crippen molar-refractivity contribution in [3.05, 3.63) is 28.2 Å². The van der Waals surface area contributed by atoms with Crippen LogP contribution in [0, 0.1) is 5.92 Å². The van der Waals surface area contributed by atoms with Gasteiger partial charge in [-0.25, -0.2) is 0 Å². The van der Waals surface area contributed by atoms with Gasteiger partial charge in [-0.15, -0.1) is 0 Å². The third-order valence-corrected chi connectivity index (χ3v) is 5.24. The first-order valence-corrected chi connectivity index (χ1v) is 10.2. The molecule has 1 aromatic carbocycles. The number of benzene rings is 1. The zero-order valence-electron chi connectivity index (χ0n) is 16.0. The van der Waals surface area contributed by atoms with Gasteiger partial charge in [0.25, 0.3) is 0 Å². The third kappa shape index (κ3) is 7.04. The number of aliphatic imine (C=N–C) groups is 1. The minimum absolute atomic E-state index is 0.0489. The first-order valence-electron chi connectivity index (χ1n) is 9.47. The Bertz CT molecular complexity index is 687. The maximum atomic E-state index is 11.2. The van der Waals surface area contributed by atoms with Crippen LogP contribution < -0.4 is 15.8 Å². The molecule has 156 valence electrons. The highest BCUT2D eigenvalue weighted by atomic mass is 35.5. The van der Waals surface area contributed by atoms with Crippen molar-refractivity contribution in [2.75, 3.05) is 32.8 Å². The number of ether oxygens (including phenoxy) is 1. The number of aliphatic hydroxyl groups excluding tert-OH is 1. The number of nitrogens with two attached hydrogens (primary N) is 1. The van der Waals surface area contributed by atoms with Crippen LogP contribution in [0.1, 0.15) is 26.2 Å². The number of carbonyl (C=O) groups excluding carboxylic acids is 1. The van der Waals surface area contributed by atoms with Crippen molar-refractivity contribution in [2.45, 2.75) is 32.3 Å². The maximum absolute atomic E-state index is 11.2. The molecule has 0 radical (unpaired) electrons. The number of rotatable bonds is 8. The first kappa shape index (κ1) is 22.6. The number of likely N-dealkylation sites (tertiary alicyclic amines) is 1. The summed E-state index contributed by atoms with van der Waals surface area (Å²) in [6, 6.07) is 5.10. The Labute approximate surface area is 175 Å². The van der Waals surface area contributed by atoms with Crippen molar-refractivity contribution in [2.24, 2.45) is 16.6 Å². The minimum Gasteiger partial charge on any atom is -0.489 e. The number of guanidine groups is 1. The second-order valence-corrected chi connectivity index (χ2v) is 7.62. The van der Waals surface area contributed by atoms with Gasteiger partial charge in [0.1, 0.15) is 23.5 Å². The van der Waals surface area contributed by atoms with E-state index in [2.05, 4.69) is 15.2 Å². The van der Waals surface area contributed by atoms with Gasteiger partial charge in [-0.1, -0.05) is 29.3 Å². The standard InChI is InChI=1S/C19H28Cl2N4O3/c1-2-23-19(25-8-4-5-13(11-25)9-17(22)27)24-10-14(26)12-28-16-7-3-6-15(20)18(16)21/h3,6-7,13-14,26H,2,4-5,8-12H2,1H3,(H2,22,27)(H,23,24). The Morgan fingerprint density at radius 2 is 2.29 bits per heavy atom. The summed E-state index contributed by atoms with van der Waals surface area (Å²) in [6.07, 6.45) is 1.54. The number of nitrogens with zero attached hydrogens (tertiary/aromatic N) is 2. The summed E-state index contributed by atoms with van der Waals surface area (Å²) in [4.78, 5) is 17.9. The van der Waals surface area contributed by atoms with Crippen LogP contribution in [-0.2, 0) is 4.79 Å². The van der Waals surface area contributed by atoms with E-state index >= 15 is 0 Å². The molecule has 1 amide bonds. The normalized spacial score (nSPS) is 18.6. The van der Waals surface area contributed by atoms with Crippen LogP contribution >= 0.6 is 23.2 Å². The largest absolute Gasteiger partial charge is 0.489 e. The predicted octanol–water partition coefficient (Wildman–Crippen LogP) is 2.29. The highest BCUT2D eigenvalue weighted by Crippen LogP contribution is 2.31. The molecule has 1 fully saturated rings. The van der Waals surface area contributed by atoms with E-state index in [1.54, 1.807) is 18.2 Å². The van der Waals surface area contributed by atoms with Crippen molar-refractivity contribution >= 4 is 35.1 Å². The highest BCUT2D eigenvalue weighted by molar-refractivity contribution is 6.42. The number of hydrogen-bond acceptors (Lipinski definition) is 4. The summed E-state index contributed by atoms with van der Waals surface area (Å²) >= 11 is 12.0. The van der Waals surface area contributed by atoms with Gasteiger partial charge < -0.3 is 25.8 Å². The van der Waals surface area contributed by atoms with Crippen molar-refractivity contribution < 1.29 is 14.6 Å². The lowest BCUT2D eigenvalue weighted by atomic mass is 9.95. The zero-order valence-corrected chi connectivity index (χ0v) is 17.5. The van der Waals surface area contributed by atoms with E-state index in [1.807, 2.05) is 6.92 Å². The summed E-state index contributed by atoms with van der Waals surface area (Å²) < 4.78 is 5.56. The number of nitrogens with one attached hydrogen (secondary N) is 1. The fourth-order valence-electron chi connectivity index (χ4n) is 3.16. The Morgan fingerprint density at radius 3 is 3.00 bits per heavy atom. The third-order valence-electron chi connectivity index (χ3n) is 4.44. The van der Waals surface area contributed by atoms with Gasteiger partial charge in [-0.05, 0) is 37.8 Å². The van der Waals surface area contributed by atoms with Crippen LogP contribution in [0.3, 0.4) is 0 Å². The quantitative estimate of drug-likeness (QED) is 0.433. The first-order chi connectivity index (χ1) is 13.4. The molecule has 0 aromatic heterocycles. The molecule has 0 bridgehead atoms. The molecule has 1 heterocycles. The fraction of sp³-hybridized carbons (Fsp3) is 0.579. The van der Waals surface area contributed by atoms with Crippen molar-refractivity contribution in [1.29, 1.82) is 0 Å². The zero-order chi connectivity index (χ0) is 20.5. The lowest BCUT2D eigenvalue weighted by molar-refractivity contribution is -0.119. The van der Waals surface area contributed by atoms with Gasteiger partial charge in [0.15, 0.2) is 5.96 Å². The van der Waals surface area contributed by atoms with Crippen LogP contribution in [0.25, 0.3) is 0 Å². The van der Waals surface area contributed by atoms with Gasteiger partial charge in [0.05, 0.1) is 11.6 Å². The summed E-state index contributed by atoms with van der Waals surface area (Å²) in [5.41, 5.74) is 5.34. The number of piperidine rings is 1. The molecule has 7 nitrogen and oxygen atoms in total. The Balaban J connectivity index is 1.91. The molecule has 0 aliphatic carbocycles. The molecular formula is C19H28Cl2N4O3. The second-order valence-electron chi connectivity index (χ2n) is 6.84. The van der Waals surface area contributed by atoms with Crippen LogP contribution in [-0.4, -0.2) is 60.8 Å². The summed E-state index contributed by atoms with van der Waals surface area (Å²) in [5, 5.41) is 14.2. The average molecular weight is 431 g/mol. The molecule has 0 saturated carbocycles. The van der Waals surface area contributed by atoms with Gasteiger partial charge >= 0.3 is 0 Å². The molecule has 28 heavy (non-hydrogen) atoms. The maximum Gasteiger partial charge on any atom is 0.217 e. The number of carbonyl (C=O) groups is 1. The number of hydrogen-bond donors (Lipinski definition) is 3. The van der Waals surface area contributed by atoms with Crippen molar-refractivity contribution in [3.63, 3.8) is 0 Å². The monoisotopic (exact) mass is 430 g/mol. The number of aliphatic hydroxyl groups is 1. The Morgan fingerprint density at radius 1 is 1.50 bits per heavy atom. The van der Waals surface area contributed by atoms with E-state index < -0.39 is 6.10 Å². The van der Waals surface area contributed by atoms with Gasteiger partial charge in [-0.2, -0.15) is 0 Å². The SMILES string of the molecule is CCNC(=NCC(O)COc1cccc(Cl)c1Cl)N1CCCC(CC(N)=O)C1. The van der Waals surface area contributed by atoms with Crippen LogP contribution in [0.4, 0.5) is 0 Å². The van der Waals surface area contributed by atoms with Crippen LogP contribution in [0.2, 0.25) is 10.0 Å². The van der Waals surface area contributed by atoms with E-state index in [-0.39, 0.29) is 25.0 Å². The van der Waals surface area contributed by atoms with E-state index in [1.165, 1.54) is 0 Å². The van der Waals surface area contributed by atoms with Gasteiger partial charge in [0.2, 0.25) is 5.91 Å². The molecular weight excluding hydrogens is 403 g/mol. The number of halogens is 2. The molecule has 4 N–H and O–H groups in total. The Hall–Kier alpha value is -1.70. The summed E-state index contributed by atoms with van der Waals surface area (Å²) in [5.74, 6) is 1.10. The minimum atomic E-state index is -0.796. The van der Waals surface area contributed by atoms with Crippen molar-refractivity contribution in [1.82, 2.24) is 10.2 Å². The topological polar surface area (TPSA) is 100 Å². The molecule has 0 spiro atoms. The second kappa shape index (κ2) is 11.3. The lowest BCUT2D eigenvalue weighted by Gasteiger charge is -2.34.